The molecule has 252 valence electrons. The SMILES string of the molecule is O=P(Oc1ccccc1)(Oc1ccccc1)O[C@H]1O[C@@H]2COC(c3ccccc3)O[C@H]2[C@H](OCc2ccccc2)[C@H]1OCc1ccccc1. The van der Waals surface area contributed by atoms with E-state index in [0.717, 1.165) is 16.7 Å². The third-order valence-electron chi connectivity index (χ3n) is 8.08. The Morgan fingerprint density at radius 3 is 1.57 bits per heavy atom. The molecule has 0 amide bonds. The van der Waals surface area contributed by atoms with Crippen LogP contribution in [0.4, 0.5) is 0 Å². The number of fused-ring (bicyclic) bond motifs is 1. The van der Waals surface area contributed by atoms with E-state index in [-0.39, 0.29) is 19.8 Å². The highest BCUT2D eigenvalue weighted by Crippen LogP contribution is 2.52. The molecule has 49 heavy (non-hydrogen) atoms. The Labute approximate surface area is 285 Å². The summed E-state index contributed by atoms with van der Waals surface area (Å²) in [6.07, 6.45) is -4.91. The summed E-state index contributed by atoms with van der Waals surface area (Å²) >= 11 is 0. The highest BCUT2D eigenvalue weighted by molar-refractivity contribution is 7.49. The third kappa shape index (κ3) is 8.65. The minimum absolute atomic E-state index is 0.157. The van der Waals surface area contributed by atoms with E-state index in [1.54, 1.807) is 48.5 Å². The average molecular weight is 681 g/mol. The number of para-hydroxylation sites is 2. The molecule has 2 saturated heterocycles. The van der Waals surface area contributed by atoms with Gasteiger partial charge in [0.1, 0.15) is 35.9 Å². The largest absolute Gasteiger partial charge is 0.590 e. The van der Waals surface area contributed by atoms with Crippen molar-refractivity contribution >= 4 is 7.82 Å². The predicted octanol–water partition coefficient (Wildman–Crippen LogP) is 8.28. The van der Waals surface area contributed by atoms with Crippen LogP contribution in [0.15, 0.2) is 152 Å². The Kier molecular flexibility index (Phi) is 10.8. The number of hydrogen-bond donors (Lipinski definition) is 0. The molecule has 5 aromatic carbocycles. The molecule has 10 heteroatoms. The van der Waals surface area contributed by atoms with Gasteiger partial charge in [-0.2, -0.15) is 0 Å². The fourth-order valence-electron chi connectivity index (χ4n) is 5.72. The molecule has 0 saturated carbocycles. The molecule has 2 aliphatic heterocycles. The maximum Gasteiger partial charge on any atom is 0.590 e. The van der Waals surface area contributed by atoms with Crippen molar-refractivity contribution in [1.82, 2.24) is 0 Å². The lowest BCUT2D eigenvalue weighted by Gasteiger charge is -2.48. The summed E-state index contributed by atoms with van der Waals surface area (Å²) in [5, 5.41) is 0. The number of rotatable bonds is 13. The zero-order valence-electron chi connectivity index (χ0n) is 26.6. The maximum atomic E-state index is 14.6. The molecule has 0 aromatic heterocycles. The molecule has 0 bridgehead atoms. The van der Waals surface area contributed by atoms with E-state index in [1.807, 2.05) is 103 Å². The predicted molar refractivity (Wildman–Crippen MR) is 182 cm³/mol. The van der Waals surface area contributed by atoms with Gasteiger partial charge in [-0.3, -0.25) is 0 Å². The van der Waals surface area contributed by atoms with Crippen LogP contribution in [0, 0.1) is 0 Å². The van der Waals surface area contributed by atoms with Gasteiger partial charge in [0, 0.05) is 5.56 Å². The minimum atomic E-state index is -4.42. The second-order valence-corrected chi connectivity index (χ2v) is 13.1. The number of phosphoric acid groups is 1. The molecule has 7 rings (SSSR count). The molecular formula is C39H37O9P. The van der Waals surface area contributed by atoms with Crippen molar-refractivity contribution in [3.8, 4) is 11.5 Å². The number of phosphoric ester groups is 1. The monoisotopic (exact) mass is 680 g/mol. The van der Waals surface area contributed by atoms with Gasteiger partial charge in [0.15, 0.2) is 6.29 Å². The van der Waals surface area contributed by atoms with E-state index < -0.39 is 44.8 Å². The zero-order valence-corrected chi connectivity index (χ0v) is 27.5. The molecular weight excluding hydrogens is 643 g/mol. The van der Waals surface area contributed by atoms with Crippen molar-refractivity contribution in [2.24, 2.45) is 0 Å². The third-order valence-corrected chi connectivity index (χ3v) is 9.41. The molecule has 2 fully saturated rings. The Morgan fingerprint density at radius 1 is 0.571 bits per heavy atom. The fraction of sp³-hybridized carbons (Fsp3) is 0.231. The molecule has 0 radical (unpaired) electrons. The first-order valence-corrected chi connectivity index (χ1v) is 17.6. The van der Waals surface area contributed by atoms with Crippen molar-refractivity contribution in [3.05, 3.63) is 168 Å². The van der Waals surface area contributed by atoms with Crippen LogP contribution in [0.25, 0.3) is 0 Å². The van der Waals surface area contributed by atoms with Crippen LogP contribution >= 0.6 is 7.82 Å². The Morgan fingerprint density at radius 2 is 1.04 bits per heavy atom. The van der Waals surface area contributed by atoms with Gasteiger partial charge in [-0.05, 0) is 35.4 Å². The van der Waals surface area contributed by atoms with Gasteiger partial charge in [0.25, 0.3) is 0 Å². The van der Waals surface area contributed by atoms with Crippen LogP contribution < -0.4 is 9.05 Å². The van der Waals surface area contributed by atoms with E-state index >= 15 is 0 Å². The average Bonchev–Trinajstić information content (AvgIpc) is 3.15. The van der Waals surface area contributed by atoms with Crippen LogP contribution in [0.3, 0.4) is 0 Å². The minimum Gasteiger partial charge on any atom is -0.395 e. The van der Waals surface area contributed by atoms with Gasteiger partial charge in [0.05, 0.1) is 19.8 Å². The normalized spacial score (nSPS) is 23.7. The Balaban J connectivity index is 1.23. The summed E-state index contributed by atoms with van der Waals surface area (Å²) in [5.74, 6) is 0.591. The van der Waals surface area contributed by atoms with Gasteiger partial charge in [0.2, 0.25) is 6.29 Å². The van der Waals surface area contributed by atoms with E-state index in [1.165, 1.54) is 0 Å². The molecule has 0 aliphatic carbocycles. The topological polar surface area (TPSA) is 90.9 Å². The molecule has 9 nitrogen and oxygen atoms in total. The van der Waals surface area contributed by atoms with E-state index in [9.17, 15) is 4.57 Å². The Hall–Kier alpha value is -4.31. The first-order valence-electron chi connectivity index (χ1n) is 16.2. The van der Waals surface area contributed by atoms with Crippen molar-refractivity contribution in [2.75, 3.05) is 6.61 Å². The van der Waals surface area contributed by atoms with Gasteiger partial charge in [-0.1, -0.05) is 127 Å². The quantitative estimate of drug-likeness (QED) is 0.114. The summed E-state index contributed by atoms with van der Waals surface area (Å²) < 4.78 is 65.4. The van der Waals surface area contributed by atoms with Gasteiger partial charge >= 0.3 is 7.82 Å². The zero-order chi connectivity index (χ0) is 33.3. The summed E-state index contributed by atoms with van der Waals surface area (Å²) in [6.45, 7) is 0.606. The number of benzene rings is 5. The van der Waals surface area contributed by atoms with E-state index in [4.69, 9.17) is 37.3 Å². The molecule has 6 atom stereocenters. The molecule has 0 N–H and O–H groups in total. The van der Waals surface area contributed by atoms with Crippen molar-refractivity contribution in [1.29, 1.82) is 0 Å². The second-order valence-electron chi connectivity index (χ2n) is 11.6. The molecule has 0 spiro atoms. The summed E-state index contributed by atoms with van der Waals surface area (Å²) in [6, 6.07) is 46.7. The molecule has 1 unspecified atom stereocenters. The van der Waals surface area contributed by atoms with Crippen LogP contribution in [-0.2, 0) is 46.0 Å². The molecule has 5 aromatic rings. The Bertz CT molecular complexity index is 1720. The summed E-state index contributed by atoms with van der Waals surface area (Å²) in [4.78, 5) is 0. The number of ether oxygens (including phenoxy) is 5. The first kappa shape index (κ1) is 33.2. The van der Waals surface area contributed by atoms with E-state index in [2.05, 4.69) is 0 Å². The number of hydrogen-bond acceptors (Lipinski definition) is 9. The molecule has 2 heterocycles. The highest BCUT2D eigenvalue weighted by atomic mass is 31.2. The smallest absolute Gasteiger partial charge is 0.395 e. The highest BCUT2D eigenvalue weighted by Gasteiger charge is 2.54. The van der Waals surface area contributed by atoms with Gasteiger partial charge in [-0.15, -0.1) is 0 Å². The lowest BCUT2D eigenvalue weighted by atomic mass is 9.97. The van der Waals surface area contributed by atoms with Crippen LogP contribution in [0.1, 0.15) is 23.0 Å². The lowest BCUT2D eigenvalue weighted by molar-refractivity contribution is -0.362. The second kappa shape index (κ2) is 15.9. The van der Waals surface area contributed by atoms with Crippen molar-refractivity contribution in [3.63, 3.8) is 0 Å². The first-order chi connectivity index (χ1) is 24.1. The standard InChI is InChI=1S/C39H37O9P/c40-49(46-32-22-12-4-13-23-32,47-33-24-14-5-15-25-33)48-39-37(42-27-30-18-8-2-9-19-30)36(41-26-29-16-6-1-7-17-29)35-34(44-39)28-43-38(45-35)31-20-10-3-11-21-31/h1-25,34-39H,26-28H2/t34-,35-,36+,37-,38?,39-/m1/s1. The maximum absolute atomic E-state index is 14.6. The van der Waals surface area contributed by atoms with Crippen molar-refractivity contribution < 1.29 is 41.8 Å². The van der Waals surface area contributed by atoms with Crippen LogP contribution in [0.5, 0.6) is 11.5 Å². The van der Waals surface area contributed by atoms with Crippen LogP contribution in [-0.4, -0.2) is 37.3 Å². The van der Waals surface area contributed by atoms with Crippen LogP contribution in [0.2, 0.25) is 0 Å². The molecule has 2 aliphatic rings. The van der Waals surface area contributed by atoms with E-state index in [0.29, 0.717) is 11.5 Å². The van der Waals surface area contributed by atoms with Crippen molar-refractivity contribution in [2.45, 2.75) is 50.2 Å². The fourth-order valence-corrected chi connectivity index (χ4v) is 7.03. The summed E-state index contributed by atoms with van der Waals surface area (Å²) in [7, 11) is -4.42. The lowest BCUT2D eigenvalue weighted by Crippen LogP contribution is -2.63. The van der Waals surface area contributed by atoms with Gasteiger partial charge in [-0.25, -0.2) is 9.09 Å². The summed E-state index contributed by atoms with van der Waals surface area (Å²) in [5.41, 5.74) is 2.74. The van der Waals surface area contributed by atoms with Gasteiger partial charge < -0.3 is 32.7 Å².